The van der Waals surface area contributed by atoms with E-state index in [2.05, 4.69) is 63.3 Å². The van der Waals surface area contributed by atoms with E-state index in [9.17, 15) is 19.8 Å². The zero-order valence-electron chi connectivity index (χ0n) is 30.5. The highest BCUT2D eigenvalue weighted by molar-refractivity contribution is 5.97. The minimum atomic E-state index is -0.752. The molecule has 2 aliphatic carbocycles. The van der Waals surface area contributed by atoms with E-state index in [4.69, 9.17) is 4.74 Å². The first-order valence-corrected chi connectivity index (χ1v) is 18.6. The number of likely N-dealkylation sites (N-methyl/N-ethyl adjacent to an activating group) is 1. The van der Waals surface area contributed by atoms with Crippen LogP contribution in [-0.2, 0) is 18.4 Å². The number of amides is 1. The summed E-state index contributed by atoms with van der Waals surface area (Å²) in [7, 11) is 2.19. The highest BCUT2D eigenvalue weighted by Crippen LogP contribution is 2.63. The number of carbonyl (C=O) groups is 1. The normalized spacial score (nSPS) is 26.5. The number of pyridine rings is 2. The molecule has 1 aromatic carbocycles. The molecular weight excluding hydrogens is 654 g/mol. The lowest BCUT2D eigenvalue weighted by Gasteiger charge is -2.56. The van der Waals surface area contributed by atoms with Gasteiger partial charge in [-0.15, -0.1) is 0 Å². The fourth-order valence-corrected chi connectivity index (χ4v) is 10.5. The summed E-state index contributed by atoms with van der Waals surface area (Å²) >= 11 is 0. The maximum atomic E-state index is 14.1. The summed E-state index contributed by atoms with van der Waals surface area (Å²) in [5, 5.41) is 29.4. The summed E-state index contributed by atoms with van der Waals surface area (Å²) in [5.41, 5.74) is 10.5. The molecule has 5 N–H and O–H groups in total. The van der Waals surface area contributed by atoms with E-state index in [-0.39, 0.29) is 41.6 Å². The minimum Gasteiger partial charge on any atom is -0.504 e. The topological polar surface area (TPSA) is 131 Å². The number of rotatable bonds is 6. The number of phenolic OH excluding ortho intramolecular Hbond substituents is 1. The molecule has 52 heavy (non-hydrogen) atoms. The number of aryl methyl sites for hydroxylation is 2. The lowest BCUT2D eigenvalue weighted by molar-refractivity contribution is -0.0454. The molecular formula is C42H47N5O5. The van der Waals surface area contributed by atoms with Crippen LogP contribution in [-0.4, -0.2) is 75.3 Å². The molecule has 6 atom stereocenters. The number of benzene rings is 1. The Hall–Kier alpha value is -4.64. The molecule has 1 saturated heterocycles. The van der Waals surface area contributed by atoms with Gasteiger partial charge in [0.2, 0.25) is 0 Å². The van der Waals surface area contributed by atoms with Crippen LogP contribution in [0.1, 0.15) is 86.4 Å². The van der Waals surface area contributed by atoms with Gasteiger partial charge in [-0.1, -0.05) is 25.2 Å². The number of piperidine rings is 1. The fraction of sp³-hybridized carbons (Fsp3) is 0.429. The van der Waals surface area contributed by atoms with Crippen LogP contribution in [0.15, 0.2) is 53.5 Å². The molecule has 1 spiro atoms. The molecule has 0 saturated carbocycles. The first kappa shape index (κ1) is 33.2. The van der Waals surface area contributed by atoms with Crippen molar-refractivity contribution in [3.63, 3.8) is 0 Å². The second kappa shape index (κ2) is 11.9. The van der Waals surface area contributed by atoms with Gasteiger partial charge in [0.1, 0.15) is 12.2 Å². The van der Waals surface area contributed by atoms with Gasteiger partial charge in [0.15, 0.2) is 11.5 Å². The number of hydrogen-bond donors (Lipinski definition) is 5. The Balaban J connectivity index is 1.20. The summed E-state index contributed by atoms with van der Waals surface area (Å²) in [6.45, 7) is 10.7. The van der Waals surface area contributed by atoms with Gasteiger partial charge in [0.25, 0.3) is 11.5 Å². The molecule has 4 aromatic rings. The molecule has 2 bridgehead atoms. The average molecular weight is 702 g/mol. The van der Waals surface area contributed by atoms with E-state index >= 15 is 0 Å². The smallest absolute Gasteiger partial charge is 0.253 e. The predicted octanol–water partition coefficient (Wildman–Crippen LogP) is 4.52. The third-order valence-corrected chi connectivity index (χ3v) is 13.0. The standard InChI is InChI=1S/C42H47N5O5/c1-21-14-22(2)45-41(51)31(21)19-44-40(50)29-16-27-15-26(25-8-11-43-12-9-25)20-47(27)37(24(29)4)23(3)28-18-35(49)38-36-30(28)17-33-32-6-7-34(48)39(52-38)42(32,36)10-13-46(33)5/h6-8,14-16,18,20,23,32-34,39,43,48-49H,9-13,17,19H2,1-5H3,(H,44,50)(H,45,51)/t23?,32-,33+,34-,39-,42-/m0/s1. The Morgan fingerprint density at radius 3 is 2.77 bits per heavy atom. The molecule has 6 heterocycles. The first-order valence-electron chi connectivity index (χ1n) is 18.6. The third kappa shape index (κ3) is 4.73. The van der Waals surface area contributed by atoms with E-state index in [0.29, 0.717) is 16.9 Å². The number of aliphatic hydroxyl groups excluding tert-OH is 1. The fourth-order valence-electron chi connectivity index (χ4n) is 10.5. The van der Waals surface area contributed by atoms with Crippen LogP contribution in [0.2, 0.25) is 0 Å². The molecule has 1 fully saturated rings. The van der Waals surface area contributed by atoms with Crippen molar-refractivity contribution in [2.75, 3.05) is 26.7 Å². The average Bonchev–Trinajstić information content (AvgIpc) is 3.71. The number of hydrogen-bond acceptors (Lipinski definition) is 7. The van der Waals surface area contributed by atoms with Gasteiger partial charge in [-0.05, 0) is 118 Å². The molecule has 3 aromatic heterocycles. The predicted molar refractivity (Wildman–Crippen MR) is 200 cm³/mol. The largest absolute Gasteiger partial charge is 0.504 e. The Bertz CT molecular complexity index is 2300. The van der Waals surface area contributed by atoms with Crippen LogP contribution in [0.4, 0.5) is 0 Å². The SMILES string of the molecule is Cc1cc(C)c(CNC(=O)c2cc3cc(C4=CCNCC4)cn3c(C(C)c3cc(O)c4c5c3C[C@@H]3[C@@H]6C=C[C@H](O)[C@H](O4)[C@]56CCN3C)c2C)c(=O)[nH]1. The van der Waals surface area contributed by atoms with Crippen LogP contribution in [0.3, 0.4) is 0 Å². The number of aromatic nitrogens is 2. The van der Waals surface area contributed by atoms with Crippen LogP contribution in [0.5, 0.6) is 11.5 Å². The number of nitrogens with one attached hydrogen (secondary N) is 3. The van der Waals surface area contributed by atoms with E-state index in [1.807, 2.05) is 45.0 Å². The van der Waals surface area contributed by atoms with Crippen molar-refractivity contribution in [1.29, 1.82) is 0 Å². The molecule has 10 nitrogen and oxygen atoms in total. The van der Waals surface area contributed by atoms with Crippen LogP contribution in [0, 0.1) is 26.7 Å². The van der Waals surface area contributed by atoms with Crippen molar-refractivity contribution in [3.8, 4) is 11.5 Å². The molecule has 9 rings (SSSR count). The molecule has 0 radical (unpaired) electrons. The lowest BCUT2D eigenvalue weighted by atomic mass is 9.52. The van der Waals surface area contributed by atoms with Crippen molar-refractivity contribution in [1.82, 2.24) is 24.9 Å². The maximum absolute atomic E-state index is 14.1. The van der Waals surface area contributed by atoms with Gasteiger partial charge in [0, 0.05) is 76.2 Å². The first-order chi connectivity index (χ1) is 25.0. The van der Waals surface area contributed by atoms with Crippen LogP contribution in [0.25, 0.3) is 11.1 Å². The number of phenols is 1. The Kier molecular flexibility index (Phi) is 7.63. The Labute approximate surface area is 303 Å². The number of H-pyrrole nitrogens is 1. The minimum absolute atomic E-state index is 0.0993. The molecule has 1 unspecified atom stereocenters. The lowest BCUT2D eigenvalue weighted by Crippen LogP contribution is -2.64. The molecule has 1 amide bonds. The highest BCUT2D eigenvalue weighted by Gasteiger charge is 2.64. The zero-order valence-corrected chi connectivity index (χ0v) is 30.5. The number of likely N-dealkylation sites (tertiary alicyclic amines) is 1. The van der Waals surface area contributed by atoms with Gasteiger partial charge < -0.3 is 39.9 Å². The van der Waals surface area contributed by atoms with Crippen molar-refractivity contribution in [3.05, 3.63) is 115 Å². The summed E-state index contributed by atoms with van der Waals surface area (Å²) in [6, 6.07) is 8.14. The van der Waals surface area contributed by atoms with Gasteiger partial charge in [-0.25, -0.2) is 0 Å². The summed E-state index contributed by atoms with van der Waals surface area (Å²) in [4.78, 5) is 32.2. The number of carbonyl (C=O) groups excluding carboxylic acids is 1. The molecule has 5 aliphatic rings. The van der Waals surface area contributed by atoms with Crippen molar-refractivity contribution < 1.29 is 19.7 Å². The zero-order chi connectivity index (χ0) is 36.2. The number of ether oxygens (including phenoxy) is 1. The highest BCUT2D eigenvalue weighted by atomic mass is 16.5. The number of fused-ring (bicyclic) bond motifs is 1. The van der Waals surface area contributed by atoms with Gasteiger partial charge in [-0.2, -0.15) is 0 Å². The number of aliphatic hydroxyl groups is 1. The second-order valence-corrected chi connectivity index (χ2v) is 15.8. The van der Waals surface area contributed by atoms with Gasteiger partial charge >= 0.3 is 0 Å². The molecule has 270 valence electrons. The summed E-state index contributed by atoms with van der Waals surface area (Å²) in [6.07, 6.45) is 9.85. The molecule has 10 heteroatoms. The van der Waals surface area contributed by atoms with E-state index in [1.165, 1.54) is 11.1 Å². The number of nitrogens with zero attached hydrogens (tertiary/aromatic N) is 2. The summed E-state index contributed by atoms with van der Waals surface area (Å²) in [5.74, 6) is 0.333. The number of aromatic amines is 1. The van der Waals surface area contributed by atoms with E-state index in [0.717, 1.165) is 83.6 Å². The third-order valence-electron chi connectivity index (χ3n) is 13.0. The van der Waals surface area contributed by atoms with Gasteiger partial charge in [0.05, 0.1) is 0 Å². The van der Waals surface area contributed by atoms with E-state index in [1.54, 1.807) is 0 Å². The van der Waals surface area contributed by atoms with Crippen molar-refractivity contribution >= 4 is 17.0 Å². The van der Waals surface area contributed by atoms with Crippen molar-refractivity contribution in [2.24, 2.45) is 5.92 Å². The quantitative estimate of drug-likeness (QED) is 0.187. The number of aromatic hydroxyl groups is 1. The Morgan fingerprint density at radius 2 is 2.00 bits per heavy atom. The van der Waals surface area contributed by atoms with E-state index < -0.39 is 17.6 Å². The van der Waals surface area contributed by atoms with Crippen LogP contribution < -0.4 is 20.9 Å². The second-order valence-electron chi connectivity index (χ2n) is 15.8. The van der Waals surface area contributed by atoms with Crippen molar-refractivity contribution in [2.45, 2.75) is 83.1 Å². The monoisotopic (exact) mass is 701 g/mol. The van der Waals surface area contributed by atoms with Crippen LogP contribution >= 0.6 is 0 Å². The van der Waals surface area contributed by atoms with Gasteiger partial charge in [-0.3, -0.25) is 9.59 Å². The summed E-state index contributed by atoms with van der Waals surface area (Å²) < 4.78 is 8.76. The molecule has 3 aliphatic heterocycles. The Morgan fingerprint density at radius 1 is 1.17 bits per heavy atom. The maximum Gasteiger partial charge on any atom is 0.253 e.